The second kappa shape index (κ2) is 6.49. The first-order chi connectivity index (χ1) is 16.3. The number of rotatable bonds is 3. The number of hydrogen-bond donors (Lipinski definition) is 2. The lowest BCUT2D eigenvalue weighted by Crippen LogP contribution is -2.74. The molecule has 2 N–H and O–H groups in total. The summed E-state index contributed by atoms with van der Waals surface area (Å²) in [6.45, 7) is 0.367. The summed E-state index contributed by atoms with van der Waals surface area (Å²) in [5.41, 5.74) is 2.94. The summed E-state index contributed by atoms with van der Waals surface area (Å²) < 4.78 is 51.8. The Balaban J connectivity index is 1.46. The van der Waals surface area contributed by atoms with Crippen LogP contribution in [0.25, 0.3) is 10.9 Å². The number of para-hydroxylation sites is 1. The van der Waals surface area contributed by atoms with Crippen LogP contribution in [0.1, 0.15) is 41.3 Å². The monoisotopic (exact) mass is 470 g/mol. The smallest absolute Gasteiger partial charge is 0.390 e. The summed E-state index contributed by atoms with van der Waals surface area (Å²) in [5, 5.41) is 13.7. The zero-order valence-electron chi connectivity index (χ0n) is 18.7. The van der Waals surface area contributed by atoms with Crippen LogP contribution in [0.3, 0.4) is 0 Å². The Labute approximate surface area is 194 Å². The van der Waals surface area contributed by atoms with Crippen molar-refractivity contribution in [1.82, 2.24) is 9.88 Å². The van der Waals surface area contributed by atoms with E-state index in [1.54, 1.807) is 7.11 Å². The first-order valence-electron chi connectivity index (χ1n) is 11.8. The van der Waals surface area contributed by atoms with E-state index in [9.17, 15) is 18.3 Å². The van der Waals surface area contributed by atoms with E-state index in [4.69, 9.17) is 9.47 Å². The first-order valence-corrected chi connectivity index (χ1v) is 11.8. The molecule has 7 rings (SSSR count). The summed E-state index contributed by atoms with van der Waals surface area (Å²) in [7, 11) is 1.60. The maximum absolute atomic E-state index is 13.2. The molecule has 2 aromatic carbocycles. The van der Waals surface area contributed by atoms with Gasteiger partial charge in [0.1, 0.15) is 0 Å². The third kappa shape index (κ3) is 2.38. The zero-order valence-corrected chi connectivity index (χ0v) is 18.7. The predicted octanol–water partition coefficient (Wildman–Crippen LogP) is 4.42. The Morgan fingerprint density at radius 3 is 2.85 bits per heavy atom. The molecule has 1 spiro atoms. The Morgan fingerprint density at radius 2 is 2.06 bits per heavy atom. The maximum atomic E-state index is 13.2. The highest BCUT2D eigenvalue weighted by molar-refractivity contribution is 5.86. The Morgan fingerprint density at radius 1 is 1.24 bits per heavy atom. The molecule has 2 bridgehead atoms. The number of piperidine rings is 1. The number of halogens is 3. The van der Waals surface area contributed by atoms with Gasteiger partial charge in [0.25, 0.3) is 0 Å². The molecule has 0 saturated carbocycles. The molecule has 3 aromatic rings. The number of fused-ring (bicyclic) bond motifs is 4. The van der Waals surface area contributed by atoms with Gasteiger partial charge < -0.3 is 19.6 Å². The highest BCUT2D eigenvalue weighted by atomic mass is 19.4. The lowest BCUT2D eigenvalue weighted by atomic mass is 9.49. The van der Waals surface area contributed by atoms with Gasteiger partial charge in [0.05, 0.1) is 30.2 Å². The molecule has 4 atom stereocenters. The summed E-state index contributed by atoms with van der Waals surface area (Å²) >= 11 is 0. The molecule has 4 aliphatic rings. The molecule has 8 heteroatoms. The zero-order chi connectivity index (χ0) is 23.5. The highest BCUT2D eigenvalue weighted by Crippen LogP contribution is 2.69. The third-order valence-electron chi connectivity index (χ3n) is 8.77. The summed E-state index contributed by atoms with van der Waals surface area (Å²) in [6.07, 6.45) is -4.20. The lowest BCUT2D eigenvalue weighted by molar-refractivity contribution is -0.183. The molecule has 0 radical (unpaired) electrons. The largest absolute Gasteiger partial charge is 0.493 e. The van der Waals surface area contributed by atoms with Crippen molar-refractivity contribution in [2.24, 2.45) is 0 Å². The fraction of sp³-hybridized carbons (Fsp3) is 0.462. The minimum Gasteiger partial charge on any atom is -0.493 e. The van der Waals surface area contributed by atoms with Gasteiger partial charge in [-0.3, -0.25) is 4.90 Å². The Kier molecular flexibility index (Phi) is 3.94. The minimum absolute atomic E-state index is 0.114. The average molecular weight is 470 g/mol. The molecule has 1 saturated heterocycles. The van der Waals surface area contributed by atoms with Crippen molar-refractivity contribution in [2.45, 2.75) is 55.0 Å². The third-order valence-corrected chi connectivity index (χ3v) is 8.77. The van der Waals surface area contributed by atoms with Gasteiger partial charge in [-0.1, -0.05) is 24.3 Å². The molecule has 5 nitrogen and oxygen atoms in total. The molecule has 3 heterocycles. The topological polar surface area (TPSA) is 57.7 Å². The van der Waals surface area contributed by atoms with E-state index in [2.05, 4.69) is 4.98 Å². The SMILES string of the molecule is COc1ccc2c3c1O[C@H]1c4[nH]c5ccccc5c4C[C@@]4(O)[C@@H](C2)N(CCC(F)(F)F)CC[C@]314. The number of nitrogens with one attached hydrogen (secondary N) is 1. The summed E-state index contributed by atoms with van der Waals surface area (Å²) in [6, 6.07) is 11.4. The maximum Gasteiger partial charge on any atom is 0.390 e. The van der Waals surface area contributed by atoms with E-state index in [1.807, 2.05) is 41.3 Å². The van der Waals surface area contributed by atoms with Crippen LogP contribution in [0.5, 0.6) is 11.5 Å². The second-order valence-electron chi connectivity index (χ2n) is 10.1. The van der Waals surface area contributed by atoms with Gasteiger partial charge in [0.15, 0.2) is 17.6 Å². The molecular formula is C26H25F3N2O3. The summed E-state index contributed by atoms with van der Waals surface area (Å²) in [5.74, 6) is 1.29. The number of benzene rings is 2. The number of likely N-dealkylation sites (tertiary alicyclic amines) is 1. The van der Waals surface area contributed by atoms with Gasteiger partial charge in [0.2, 0.25) is 0 Å². The number of nitrogens with zero attached hydrogens (tertiary/aromatic N) is 1. The number of hydrogen-bond acceptors (Lipinski definition) is 4. The first kappa shape index (κ1) is 20.6. The Hall–Kier alpha value is -2.71. The van der Waals surface area contributed by atoms with Crippen LogP contribution in [0.15, 0.2) is 36.4 Å². The molecule has 1 aromatic heterocycles. The van der Waals surface area contributed by atoms with Crippen molar-refractivity contribution >= 4 is 10.9 Å². The number of H-pyrrole nitrogens is 1. The molecular weight excluding hydrogens is 445 g/mol. The van der Waals surface area contributed by atoms with Crippen molar-refractivity contribution in [3.63, 3.8) is 0 Å². The number of aromatic nitrogens is 1. The van der Waals surface area contributed by atoms with Gasteiger partial charge in [-0.05, 0) is 42.6 Å². The number of alkyl halides is 3. The molecule has 2 aliphatic carbocycles. The molecule has 34 heavy (non-hydrogen) atoms. The van der Waals surface area contributed by atoms with Crippen molar-refractivity contribution < 1.29 is 27.8 Å². The van der Waals surface area contributed by atoms with Crippen LogP contribution in [0.2, 0.25) is 0 Å². The van der Waals surface area contributed by atoms with Gasteiger partial charge in [-0.25, -0.2) is 0 Å². The quantitative estimate of drug-likeness (QED) is 0.595. The van der Waals surface area contributed by atoms with E-state index in [-0.39, 0.29) is 6.54 Å². The normalized spacial score (nSPS) is 31.2. The van der Waals surface area contributed by atoms with E-state index >= 15 is 0 Å². The van der Waals surface area contributed by atoms with Gasteiger partial charge in [-0.15, -0.1) is 0 Å². The number of aromatic amines is 1. The van der Waals surface area contributed by atoms with Crippen molar-refractivity contribution in [3.05, 3.63) is 58.8 Å². The average Bonchev–Trinajstić information content (AvgIpc) is 3.33. The lowest BCUT2D eigenvalue weighted by Gasteiger charge is -2.62. The molecule has 0 unspecified atom stereocenters. The summed E-state index contributed by atoms with van der Waals surface area (Å²) in [4.78, 5) is 5.42. The van der Waals surface area contributed by atoms with Crippen LogP contribution in [0, 0.1) is 0 Å². The Bertz CT molecular complexity index is 1330. The van der Waals surface area contributed by atoms with E-state index in [1.165, 1.54) is 0 Å². The fourth-order valence-corrected chi connectivity index (χ4v) is 7.41. The van der Waals surface area contributed by atoms with E-state index < -0.39 is 35.8 Å². The minimum atomic E-state index is -4.24. The number of aliphatic hydroxyl groups is 1. The van der Waals surface area contributed by atoms with Crippen LogP contribution < -0.4 is 9.47 Å². The number of methoxy groups -OCH3 is 1. The van der Waals surface area contributed by atoms with Crippen molar-refractivity contribution in [2.75, 3.05) is 20.2 Å². The van der Waals surface area contributed by atoms with Crippen molar-refractivity contribution in [1.29, 1.82) is 0 Å². The van der Waals surface area contributed by atoms with Crippen LogP contribution in [0.4, 0.5) is 13.2 Å². The van der Waals surface area contributed by atoms with Crippen LogP contribution in [-0.2, 0) is 18.3 Å². The van der Waals surface area contributed by atoms with E-state index in [0.717, 1.165) is 33.3 Å². The standard InChI is InChI=1S/C26H25F3N2O3/c1-33-18-7-6-14-12-19-25(32)13-16-15-4-2-3-5-17(15)30-21(16)23-24(25,20(14)22(18)34-23)8-10-31(19)11-9-26(27,28)29/h2-7,19,23,30,32H,8-13H2,1H3/t19-,23+,24+,25-/m1/s1. The molecule has 178 valence electrons. The van der Waals surface area contributed by atoms with Gasteiger partial charge in [-0.2, -0.15) is 13.2 Å². The fourth-order valence-electron chi connectivity index (χ4n) is 7.41. The molecule has 0 amide bonds. The molecule has 1 fully saturated rings. The van der Waals surface area contributed by atoms with Crippen molar-refractivity contribution in [3.8, 4) is 11.5 Å². The van der Waals surface area contributed by atoms with E-state index in [0.29, 0.717) is 37.3 Å². The molecule has 2 aliphatic heterocycles. The second-order valence-corrected chi connectivity index (χ2v) is 10.1. The highest BCUT2D eigenvalue weighted by Gasteiger charge is 2.72. The number of ether oxygens (including phenoxy) is 2. The van der Waals surface area contributed by atoms with Crippen LogP contribution in [-0.4, -0.2) is 53.0 Å². The van der Waals surface area contributed by atoms with Crippen LogP contribution >= 0.6 is 0 Å². The van der Waals surface area contributed by atoms with Gasteiger partial charge >= 0.3 is 6.18 Å². The predicted molar refractivity (Wildman–Crippen MR) is 119 cm³/mol. The van der Waals surface area contributed by atoms with Gasteiger partial charge in [0, 0.05) is 35.5 Å².